The van der Waals surface area contributed by atoms with Crippen molar-refractivity contribution < 1.29 is 9.90 Å². The van der Waals surface area contributed by atoms with E-state index in [0.29, 0.717) is 24.2 Å². The lowest BCUT2D eigenvalue weighted by molar-refractivity contribution is -0.114. The zero-order valence-corrected chi connectivity index (χ0v) is 18.8. The van der Waals surface area contributed by atoms with Gasteiger partial charge in [0.25, 0.3) is 0 Å². The fourth-order valence-corrected chi connectivity index (χ4v) is 7.35. The maximum atomic E-state index is 12.1. The molecule has 0 radical (unpaired) electrons. The molecule has 2 fully saturated rings. The van der Waals surface area contributed by atoms with Gasteiger partial charge in [0.15, 0.2) is 5.78 Å². The van der Waals surface area contributed by atoms with Crippen molar-refractivity contribution in [2.45, 2.75) is 63.9 Å². The molecule has 5 atom stereocenters. The topological polar surface area (TPSA) is 50.2 Å². The SMILES string of the molecule is CC12CC(c3ccc(-c4ccccn4)cc3)C3=C4CCC(=O)C=C4CCC3C1CCC2O. The maximum absolute atomic E-state index is 12.1. The molecule has 6 rings (SSSR count). The number of aliphatic hydroxyl groups is 1. The Hall–Kier alpha value is -2.52. The second kappa shape index (κ2) is 7.52. The average molecular weight is 426 g/mol. The average Bonchev–Trinajstić information content (AvgIpc) is 3.13. The Labute approximate surface area is 190 Å². The minimum atomic E-state index is -0.209. The zero-order chi connectivity index (χ0) is 21.9. The standard InChI is InChI=1S/C29H31NO2/c1-29-17-24(18-5-7-19(8-6-18)26-4-2-3-15-30-26)28-22-12-10-21(31)16-20(22)9-11-23(28)25(29)13-14-27(29)32/h2-8,15-16,23-25,27,32H,9-14,17H2,1H3. The van der Waals surface area contributed by atoms with Crippen molar-refractivity contribution in [1.29, 1.82) is 0 Å². The van der Waals surface area contributed by atoms with Crippen molar-refractivity contribution in [2.75, 3.05) is 0 Å². The summed E-state index contributed by atoms with van der Waals surface area (Å²) in [4.78, 5) is 16.6. The summed E-state index contributed by atoms with van der Waals surface area (Å²) in [5.74, 6) is 1.70. The summed E-state index contributed by atoms with van der Waals surface area (Å²) in [5.41, 5.74) is 7.82. The quantitative estimate of drug-likeness (QED) is 0.641. The van der Waals surface area contributed by atoms with Gasteiger partial charge in [-0.1, -0.05) is 42.8 Å². The van der Waals surface area contributed by atoms with Crippen LogP contribution in [0.2, 0.25) is 0 Å². The number of pyridine rings is 1. The first-order valence-electron chi connectivity index (χ1n) is 12.2. The van der Waals surface area contributed by atoms with E-state index in [2.05, 4.69) is 36.2 Å². The van der Waals surface area contributed by atoms with E-state index in [4.69, 9.17) is 0 Å². The predicted molar refractivity (Wildman–Crippen MR) is 126 cm³/mol. The number of hydrogen-bond donors (Lipinski definition) is 1. The fourth-order valence-electron chi connectivity index (χ4n) is 7.35. The molecule has 1 heterocycles. The van der Waals surface area contributed by atoms with E-state index in [9.17, 15) is 9.90 Å². The predicted octanol–water partition coefficient (Wildman–Crippen LogP) is 6.01. The van der Waals surface area contributed by atoms with Crippen LogP contribution < -0.4 is 0 Å². The summed E-state index contributed by atoms with van der Waals surface area (Å²) >= 11 is 0. The Morgan fingerprint density at radius 3 is 2.62 bits per heavy atom. The molecule has 4 aliphatic carbocycles. The molecule has 0 saturated heterocycles. The first kappa shape index (κ1) is 20.1. The summed E-state index contributed by atoms with van der Waals surface area (Å²) < 4.78 is 0. The van der Waals surface area contributed by atoms with E-state index >= 15 is 0 Å². The van der Waals surface area contributed by atoms with Crippen LogP contribution >= 0.6 is 0 Å². The highest BCUT2D eigenvalue weighted by Crippen LogP contribution is 2.63. The van der Waals surface area contributed by atoms with E-state index in [-0.39, 0.29) is 17.3 Å². The zero-order valence-electron chi connectivity index (χ0n) is 18.8. The second-order valence-electron chi connectivity index (χ2n) is 10.5. The van der Waals surface area contributed by atoms with Gasteiger partial charge in [0, 0.05) is 24.1 Å². The van der Waals surface area contributed by atoms with Crippen LogP contribution in [0.5, 0.6) is 0 Å². The highest BCUT2D eigenvalue weighted by molar-refractivity contribution is 5.93. The number of allylic oxidation sites excluding steroid dienone is 4. The number of benzene rings is 1. The largest absolute Gasteiger partial charge is 0.393 e. The van der Waals surface area contributed by atoms with Gasteiger partial charge in [0.2, 0.25) is 0 Å². The molecule has 1 aromatic carbocycles. The lowest BCUT2D eigenvalue weighted by Gasteiger charge is -2.52. The number of hydrogen-bond acceptors (Lipinski definition) is 3. The van der Waals surface area contributed by atoms with Crippen molar-refractivity contribution in [3.05, 3.63) is 77.0 Å². The van der Waals surface area contributed by atoms with Gasteiger partial charge in [0.05, 0.1) is 11.8 Å². The van der Waals surface area contributed by atoms with Gasteiger partial charge in [-0.3, -0.25) is 9.78 Å². The maximum Gasteiger partial charge on any atom is 0.156 e. The molecule has 2 saturated carbocycles. The van der Waals surface area contributed by atoms with Gasteiger partial charge in [-0.05, 0) is 90.7 Å². The van der Waals surface area contributed by atoms with E-state index in [1.54, 1.807) is 5.57 Å². The molecule has 4 aliphatic rings. The Bertz CT molecular complexity index is 1110. The fraction of sp³-hybridized carbons (Fsp3) is 0.448. The number of ketones is 1. The van der Waals surface area contributed by atoms with E-state index in [0.717, 1.165) is 49.8 Å². The van der Waals surface area contributed by atoms with Crippen molar-refractivity contribution in [2.24, 2.45) is 17.3 Å². The first-order chi connectivity index (χ1) is 15.5. The molecule has 5 unspecified atom stereocenters. The Kier molecular flexibility index (Phi) is 4.73. The molecule has 3 heteroatoms. The number of carbonyl (C=O) groups excluding carboxylic acids is 1. The monoisotopic (exact) mass is 425 g/mol. The third kappa shape index (κ3) is 3.05. The van der Waals surface area contributed by atoms with Crippen LogP contribution in [0.15, 0.2) is 71.5 Å². The van der Waals surface area contributed by atoms with Crippen molar-refractivity contribution in [3.63, 3.8) is 0 Å². The van der Waals surface area contributed by atoms with Crippen LogP contribution in [0.25, 0.3) is 11.3 Å². The van der Waals surface area contributed by atoms with Crippen LogP contribution in [-0.2, 0) is 4.79 Å². The molecule has 2 aromatic rings. The van der Waals surface area contributed by atoms with Crippen LogP contribution in [0.1, 0.15) is 63.4 Å². The number of rotatable bonds is 2. The highest BCUT2D eigenvalue weighted by atomic mass is 16.3. The Morgan fingerprint density at radius 1 is 1.00 bits per heavy atom. The van der Waals surface area contributed by atoms with E-state index in [1.807, 2.05) is 30.5 Å². The third-order valence-corrected chi connectivity index (χ3v) is 8.96. The molecular formula is C29H31NO2. The number of carbonyl (C=O) groups is 1. The van der Waals surface area contributed by atoms with Crippen molar-refractivity contribution in [1.82, 2.24) is 4.98 Å². The van der Waals surface area contributed by atoms with Crippen LogP contribution in [-0.4, -0.2) is 22.0 Å². The molecule has 0 bridgehead atoms. The second-order valence-corrected chi connectivity index (χ2v) is 10.5. The minimum Gasteiger partial charge on any atom is -0.393 e. The van der Waals surface area contributed by atoms with Gasteiger partial charge in [-0.15, -0.1) is 0 Å². The number of nitrogens with zero attached hydrogens (tertiary/aromatic N) is 1. The first-order valence-corrected chi connectivity index (χ1v) is 12.2. The summed E-state index contributed by atoms with van der Waals surface area (Å²) in [5, 5.41) is 11.0. The molecule has 1 aromatic heterocycles. The van der Waals surface area contributed by atoms with Crippen molar-refractivity contribution in [3.8, 4) is 11.3 Å². The van der Waals surface area contributed by atoms with E-state index < -0.39 is 0 Å². The highest BCUT2D eigenvalue weighted by Gasteiger charge is 2.56. The molecule has 32 heavy (non-hydrogen) atoms. The van der Waals surface area contributed by atoms with Crippen LogP contribution in [0.3, 0.4) is 0 Å². The summed E-state index contributed by atoms with van der Waals surface area (Å²) in [6.45, 7) is 2.34. The van der Waals surface area contributed by atoms with Crippen LogP contribution in [0, 0.1) is 17.3 Å². The Balaban J connectivity index is 1.46. The number of aromatic nitrogens is 1. The van der Waals surface area contributed by atoms with E-state index in [1.165, 1.54) is 16.7 Å². The lowest BCUT2D eigenvalue weighted by Crippen LogP contribution is -2.45. The molecular weight excluding hydrogens is 394 g/mol. The van der Waals surface area contributed by atoms with Gasteiger partial charge in [-0.25, -0.2) is 0 Å². The molecule has 0 aliphatic heterocycles. The lowest BCUT2D eigenvalue weighted by atomic mass is 9.53. The molecule has 0 spiro atoms. The van der Waals surface area contributed by atoms with Gasteiger partial charge in [-0.2, -0.15) is 0 Å². The van der Waals surface area contributed by atoms with Crippen LogP contribution in [0.4, 0.5) is 0 Å². The summed E-state index contributed by atoms with van der Waals surface area (Å²) in [6.07, 6.45) is 10.3. The molecule has 164 valence electrons. The number of fused-ring (bicyclic) bond motifs is 4. The molecule has 1 N–H and O–H groups in total. The normalized spacial score (nSPS) is 33.9. The third-order valence-electron chi connectivity index (χ3n) is 8.96. The summed E-state index contributed by atoms with van der Waals surface area (Å²) in [7, 11) is 0. The summed E-state index contributed by atoms with van der Waals surface area (Å²) in [6, 6.07) is 15.0. The van der Waals surface area contributed by atoms with Gasteiger partial charge >= 0.3 is 0 Å². The van der Waals surface area contributed by atoms with Crippen molar-refractivity contribution >= 4 is 5.78 Å². The minimum absolute atomic E-state index is 0.0231. The van der Waals surface area contributed by atoms with Gasteiger partial charge in [0.1, 0.15) is 0 Å². The molecule has 0 amide bonds. The van der Waals surface area contributed by atoms with Gasteiger partial charge < -0.3 is 5.11 Å². The number of aliphatic hydroxyl groups excluding tert-OH is 1. The smallest absolute Gasteiger partial charge is 0.156 e. The molecule has 3 nitrogen and oxygen atoms in total. The Morgan fingerprint density at radius 2 is 1.84 bits per heavy atom.